The van der Waals surface area contributed by atoms with Crippen LogP contribution < -0.4 is 11.1 Å². The molecular formula is C15H11IN2O3. The summed E-state index contributed by atoms with van der Waals surface area (Å²) in [6, 6.07) is 14.5. The lowest BCUT2D eigenvalue weighted by molar-refractivity contribution is -0.116. The summed E-state index contributed by atoms with van der Waals surface area (Å²) in [4.78, 5) is 23.9. The van der Waals surface area contributed by atoms with Crippen molar-refractivity contribution in [3.8, 4) is 0 Å². The molecule has 2 aromatic carbocycles. The van der Waals surface area contributed by atoms with Gasteiger partial charge in [0.1, 0.15) is 6.54 Å². The molecule has 6 heteroatoms. The topological polar surface area (TPSA) is 64.2 Å². The van der Waals surface area contributed by atoms with E-state index < -0.39 is 5.76 Å². The lowest BCUT2D eigenvalue weighted by atomic mass is 10.3. The Kier molecular flexibility index (Phi) is 3.78. The SMILES string of the molecule is O=C(Cn1c(=O)oc2ccccc21)Nc1cccc(I)c1. The van der Waals surface area contributed by atoms with E-state index in [1.54, 1.807) is 30.3 Å². The van der Waals surface area contributed by atoms with Gasteiger partial charge in [0, 0.05) is 9.26 Å². The normalized spacial score (nSPS) is 10.7. The number of anilines is 1. The summed E-state index contributed by atoms with van der Waals surface area (Å²) in [5, 5.41) is 2.77. The minimum atomic E-state index is -0.533. The molecule has 0 aliphatic rings. The molecule has 1 N–H and O–H groups in total. The van der Waals surface area contributed by atoms with Gasteiger partial charge in [0.15, 0.2) is 5.58 Å². The number of aromatic nitrogens is 1. The predicted molar refractivity (Wildman–Crippen MR) is 88.3 cm³/mol. The number of carbonyl (C=O) groups excluding carboxylic acids is 1. The molecule has 0 spiro atoms. The zero-order valence-electron chi connectivity index (χ0n) is 10.9. The Labute approximate surface area is 133 Å². The van der Waals surface area contributed by atoms with Gasteiger partial charge < -0.3 is 9.73 Å². The summed E-state index contributed by atoms with van der Waals surface area (Å²) in [6.07, 6.45) is 0. The van der Waals surface area contributed by atoms with Crippen molar-refractivity contribution in [3.05, 3.63) is 62.7 Å². The summed E-state index contributed by atoms with van der Waals surface area (Å²) in [7, 11) is 0. The molecule has 1 amide bonds. The van der Waals surface area contributed by atoms with Crippen molar-refractivity contribution in [2.24, 2.45) is 0 Å². The van der Waals surface area contributed by atoms with Gasteiger partial charge in [0.25, 0.3) is 0 Å². The van der Waals surface area contributed by atoms with Crippen LogP contribution in [0.25, 0.3) is 11.1 Å². The molecule has 0 atom stereocenters. The molecule has 106 valence electrons. The number of hydrogen-bond donors (Lipinski definition) is 1. The number of para-hydroxylation sites is 2. The van der Waals surface area contributed by atoms with Crippen molar-refractivity contribution >= 4 is 45.3 Å². The number of nitrogens with one attached hydrogen (secondary N) is 1. The highest BCUT2D eigenvalue weighted by Crippen LogP contribution is 2.14. The molecule has 1 heterocycles. The maximum absolute atomic E-state index is 12.1. The zero-order chi connectivity index (χ0) is 14.8. The van der Waals surface area contributed by atoms with Crippen LogP contribution in [-0.4, -0.2) is 10.5 Å². The smallest absolute Gasteiger partial charge is 0.408 e. The Morgan fingerprint density at radius 2 is 2.00 bits per heavy atom. The number of rotatable bonds is 3. The minimum absolute atomic E-state index is 0.0820. The van der Waals surface area contributed by atoms with Gasteiger partial charge in [-0.3, -0.25) is 9.36 Å². The average molecular weight is 394 g/mol. The molecule has 0 saturated carbocycles. The van der Waals surface area contributed by atoms with E-state index in [0.29, 0.717) is 16.8 Å². The number of hydrogen-bond acceptors (Lipinski definition) is 3. The second-order valence-corrected chi connectivity index (χ2v) is 5.73. The molecule has 5 nitrogen and oxygen atoms in total. The quantitative estimate of drug-likeness (QED) is 0.695. The molecule has 0 radical (unpaired) electrons. The van der Waals surface area contributed by atoms with Crippen LogP contribution in [0.3, 0.4) is 0 Å². The fraction of sp³-hybridized carbons (Fsp3) is 0.0667. The molecule has 0 bridgehead atoms. The van der Waals surface area contributed by atoms with Crippen LogP contribution in [0.15, 0.2) is 57.7 Å². The van der Waals surface area contributed by atoms with Crippen molar-refractivity contribution in [2.45, 2.75) is 6.54 Å². The summed E-state index contributed by atoms with van der Waals surface area (Å²) in [5.41, 5.74) is 1.79. The highest BCUT2D eigenvalue weighted by atomic mass is 127. The Morgan fingerprint density at radius 3 is 2.81 bits per heavy atom. The van der Waals surface area contributed by atoms with Gasteiger partial charge in [-0.2, -0.15) is 0 Å². The van der Waals surface area contributed by atoms with E-state index in [-0.39, 0.29) is 12.5 Å². The highest BCUT2D eigenvalue weighted by Gasteiger charge is 2.12. The van der Waals surface area contributed by atoms with Crippen LogP contribution in [0.4, 0.5) is 5.69 Å². The number of nitrogens with zero attached hydrogens (tertiary/aromatic N) is 1. The van der Waals surface area contributed by atoms with Gasteiger partial charge in [0.2, 0.25) is 5.91 Å². The molecule has 0 aliphatic carbocycles. The lowest BCUT2D eigenvalue weighted by Gasteiger charge is -2.06. The highest BCUT2D eigenvalue weighted by molar-refractivity contribution is 14.1. The first-order chi connectivity index (χ1) is 10.1. The molecule has 3 aromatic rings. The maximum atomic E-state index is 12.1. The number of oxazole rings is 1. The van der Waals surface area contributed by atoms with Crippen LogP contribution in [0, 0.1) is 3.57 Å². The van der Waals surface area contributed by atoms with Crippen molar-refractivity contribution in [3.63, 3.8) is 0 Å². The van der Waals surface area contributed by atoms with Crippen LogP contribution in [0.5, 0.6) is 0 Å². The third-order valence-electron chi connectivity index (χ3n) is 2.98. The van der Waals surface area contributed by atoms with E-state index in [2.05, 4.69) is 27.9 Å². The monoisotopic (exact) mass is 394 g/mol. The third kappa shape index (κ3) is 2.99. The van der Waals surface area contributed by atoms with E-state index in [4.69, 9.17) is 4.42 Å². The molecular weight excluding hydrogens is 383 g/mol. The minimum Gasteiger partial charge on any atom is -0.408 e. The summed E-state index contributed by atoms with van der Waals surface area (Å²) < 4.78 is 7.44. The van der Waals surface area contributed by atoms with Crippen LogP contribution >= 0.6 is 22.6 Å². The summed E-state index contributed by atoms with van der Waals surface area (Å²) >= 11 is 2.17. The van der Waals surface area contributed by atoms with E-state index in [0.717, 1.165) is 3.57 Å². The Balaban J connectivity index is 1.84. The first-order valence-electron chi connectivity index (χ1n) is 6.27. The number of benzene rings is 2. The Bertz CT molecular complexity index is 866. The van der Waals surface area contributed by atoms with Crippen LogP contribution in [0.1, 0.15) is 0 Å². The van der Waals surface area contributed by atoms with Gasteiger partial charge in [-0.1, -0.05) is 18.2 Å². The molecule has 3 rings (SSSR count). The Morgan fingerprint density at radius 1 is 1.19 bits per heavy atom. The fourth-order valence-corrected chi connectivity index (χ4v) is 2.62. The number of carbonyl (C=O) groups is 1. The Hall–Kier alpha value is -2.09. The van der Waals surface area contributed by atoms with E-state index in [9.17, 15) is 9.59 Å². The fourth-order valence-electron chi connectivity index (χ4n) is 2.07. The molecule has 0 aliphatic heterocycles. The lowest BCUT2D eigenvalue weighted by Crippen LogP contribution is -2.24. The number of fused-ring (bicyclic) bond motifs is 1. The molecule has 21 heavy (non-hydrogen) atoms. The van der Waals surface area contributed by atoms with Crippen molar-refractivity contribution in [1.29, 1.82) is 0 Å². The predicted octanol–water partition coefficient (Wildman–Crippen LogP) is 2.84. The number of halogens is 1. The zero-order valence-corrected chi connectivity index (χ0v) is 13.0. The standard InChI is InChI=1S/C15H11IN2O3/c16-10-4-3-5-11(8-10)17-14(19)9-18-12-6-1-2-7-13(12)21-15(18)20/h1-8H,9H2,(H,17,19). The third-order valence-corrected chi connectivity index (χ3v) is 3.65. The van der Waals surface area contributed by atoms with Gasteiger partial charge in [-0.15, -0.1) is 0 Å². The molecule has 0 unspecified atom stereocenters. The second-order valence-electron chi connectivity index (χ2n) is 4.48. The van der Waals surface area contributed by atoms with E-state index in [1.165, 1.54) is 4.57 Å². The average Bonchev–Trinajstić information content (AvgIpc) is 2.75. The van der Waals surface area contributed by atoms with Crippen molar-refractivity contribution < 1.29 is 9.21 Å². The van der Waals surface area contributed by atoms with E-state index >= 15 is 0 Å². The van der Waals surface area contributed by atoms with Crippen LogP contribution in [-0.2, 0) is 11.3 Å². The van der Waals surface area contributed by atoms with Gasteiger partial charge >= 0.3 is 5.76 Å². The van der Waals surface area contributed by atoms with Gasteiger partial charge in [0.05, 0.1) is 5.52 Å². The van der Waals surface area contributed by atoms with Crippen molar-refractivity contribution in [2.75, 3.05) is 5.32 Å². The van der Waals surface area contributed by atoms with Gasteiger partial charge in [-0.05, 0) is 52.9 Å². The van der Waals surface area contributed by atoms with Crippen LogP contribution in [0.2, 0.25) is 0 Å². The first kappa shape index (κ1) is 13.9. The molecule has 0 fully saturated rings. The molecule has 1 aromatic heterocycles. The number of amides is 1. The maximum Gasteiger partial charge on any atom is 0.420 e. The second kappa shape index (κ2) is 5.72. The van der Waals surface area contributed by atoms with Crippen molar-refractivity contribution in [1.82, 2.24) is 4.57 Å². The largest absolute Gasteiger partial charge is 0.420 e. The summed E-state index contributed by atoms with van der Waals surface area (Å²) in [6.45, 7) is -0.0820. The van der Waals surface area contributed by atoms with E-state index in [1.807, 2.05) is 18.2 Å². The summed E-state index contributed by atoms with van der Waals surface area (Å²) in [5.74, 6) is -0.806. The van der Waals surface area contributed by atoms with Gasteiger partial charge in [-0.25, -0.2) is 4.79 Å². The first-order valence-corrected chi connectivity index (χ1v) is 7.35. The molecule has 0 saturated heterocycles.